The lowest BCUT2D eigenvalue weighted by Gasteiger charge is -2.01. The second-order valence-corrected chi connectivity index (χ2v) is 3.86. The molecule has 0 aliphatic rings. The van der Waals surface area contributed by atoms with Crippen LogP contribution in [0.1, 0.15) is 27.7 Å². The van der Waals surface area contributed by atoms with Crippen LogP contribution in [-0.2, 0) is 28.9 Å². The Bertz CT molecular complexity index is 434. The molecule has 0 saturated heterocycles. The zero-order chi connectivity index (χ0) is 15.7. The molecule has 0 aromatic heterocycles. The smallest absolute Gasteiger partial charge is 0.238 e. The molecule has 0 saturated carbocycles. The molecule has 0 amide bonds. The van der Waals surface area contributed by atoms with Gasteiger partial charge in [-0.25, -0.2) is 0 Å². The van der Waals surface area contributed by atoms with Gasteiger partial charge in [-0.2, -0.15) is 0 Å². The highest BCUT2D eigenvalue weighted by molar-refractivity contribution is 6.40. The van der Waals surface area contributed by atoms with E-state index < -0.39 is 36.3 Å². The highest BCUT2D eigenvalue weighted by atomic mass is 16.6. The molecule has 0 rings (SSSR count). The maximum absolute atomic E-state index is 10.9. The van der Waals surface area contributed by atoms with Gasteiger partial charge in [0, 0.05) is 13.8 Å². The van der Waals surface area contributed by atoms with Gasteiger partial charge in [0.15, 0.2) is 24.8 Å². The van der Waals surface area contributed by atoms with Crippen molar-refractivity contribution in [2.24, 2.45) is 10.3 Å². The van der Waals surface area contributed by atoms with E-state index in [-0.39, 0.29) is 0 Å². The van der Waals surface area contributed by atoms with E-state index in [0.717, 1.165) is 13.8 Å². The molecule has 0 atom stereocenters. The summed E-state index contributed by atoms with van der Waals surface area (Å²) in [6, 6.07) is 0. The summed E-state index contributed by atoms with van der Waals surface area (Å²) in [4.78, 5) is 52.5. The van der Waals surface area contributed by atoms with Gasteiger partial charge < -0.3 is 9.68 Å². The largest absolute Gasteiger partial charge is 0.387 e. The van der Waals surface area contributed by atoms with Crippen molar-refractivity contribution in [3.05, 3.63) is 0 Å². The highest BCUT2D eigenvalue weighted by Crippen LogP contribution is 1.90. The molecule has 110 valence electrons. The average molecular weight is 284 g/mol. The van der Waals surface area contributed by atoms with Crippen molar-refractivity contribution in [1.82, 2.24) is 0 Å². The Morgan fingerprint density at radius 2 is 1.00 bits per heavy atom. The quantitative estimate of drug-likeness (QED) is 0.337. The molecule has 0 bridgehead atoms. The van der Waals surface area contributed by atoms with Gasteiger partial charge in [-0.1, -0.05) is 10.3 Å². The van der Waals surface area contributed by atoms with Crippen molar-refractivity contribution in [3.63, 3.8) is 0 Å². The van der Waals surface area contributed by atoms with E-state index in [0.29, 0.717) is 11.4 Å². The lowest BCUT2D eigenvalue weighted by atomic mass is 10.3. The third kappa shape index (κ3) is 7.14. The molecule has 0 fully saturated rings. The fraction of sp³-hybridized carbons (Fsp3) is 0.500. The van der Waals surface area contributed by atoms with Crippen LogP contribution in [0.3, 0.4) is 0 Å². The summed E-state index contributed by atoms with van der Waals surface area (Å²) in [5.41, 5.74) is 0.605. The maximum atomic E-state index is 10.9. The normalized spacial score (nSPS) is 11.8. The first-order valence-corrected chi connectivity index (χ1v) is 5.66. The highest BCUT2D eigenvalue weighted by Gasteiger charge is 2.09. The van der Waals surface area contributed by atoms with Crippen LogP contribution in [0.2, 0.25) is 0 Å². The Morgan fingerprint density at radius 3 is 1.25 bits per heavy atom. The van der Waals surface area contributed by atoms with Gasteiger partial charge in [-0.05, 0) is 13.8 Å². The summed E-state index contributed by atoms with van der Waals surface area (Å²) in [5, 5.41) is 7.12. The van der Waals surface area contributed by atoms with Gasteiger partial charge in [0.1, 0.15) is 11.4 Å². The average Bonchev–Trinajstić information content (AvgIpc) is 2.37. The summed E-state index contributed by atoms with van der Waals surface area (Å²) in [6.45, 7) is 4.43. The number of rotatable bonds is 9. The van der Waals surface area contributed by atoms with Gasteiger partial charge in [0.2, 0.25) is 11.6 Å². The fourth-order valence-electron chi connectivity index (χ4n) is 0.711. The molecular formula is C12H16N2O6. The standard InChI is InChI=1S/C12H16N2O6/c1-7(13-19-5-11(17)9(3)15)8(2)14-20-6-12(18)10(4)16/h5-6H2,1-4H3/b13-7+,14-8+. The number of oxime groups is 2. The molecule has 0 aromatic carbocycles. The second kappa shape index (κ2) is 8.68. The van der Waals surface area contributed by atoms with Crippen LogP contribution in [0, 0.1) is 0 Å². The van der Waals surface area contributed by atoms with E-state index in [2.05, 4.69) is 20.0 Å². The van der Waals surface area contributed by atoms with E-state index in [1.165, 1.54) is 13.8 Å². The predicted octanol–water partition coefficient (Wildman–Crippen LogP) is 0.0876. The number of carbonyl (C=O) groups is 4. The van der Waals surface area contributed by atoms with Crippen LogP contribution < -0.4 is 0 Å². The zero-order valence-electron chi connectivity index (χ0n) is 11.8. The van der Waals surface area contributed by atoms with Crippen molar-refractivity contribution in [2.45, 2.75) is 27.7 Å². The molecule has 20 heavy (non-hydrogen) atoms. The molecule has 0 radical (unpaired) electrons. The fourth-order valence-corrected chi connectivity index (χ4v) is 0.711. The molecular weight excluding hydrogens is 268 g/mol. The summed E-state index contributed by atoms with van der Waals surface area (Å²) >= 11 is 0. The van der Waals surface area contributed by atoms with Gasteiger partial charge in [0.25, 0.3) is 0 Å². The third-order valence-corrected chi connectivity index (χ3v) is 2.10. The second-order valence-electron chi connectivity index (χ2n) is 3.86. The molecule has 0 aromatic rings. The van der Waals surface area contributed by atoms with Crippen LogP contribution in [0.4, 0.5) is 0 Å². The molecule has 0 spiro atoms. The van der Waals surface area contributed by atoms with Crippen LogP contribution in [0.15, 0.2) is 10.3 Å². The first-order valence-electron chi connectivity index (χ1n) is 5.66. The van der Waals surface area contributed by atoms with Gasteiger partial charge in [-0.3, -0.25) is 19.2 Å². The van der Waals surface area contributed by atoms with Crippen molar-refractivity contribution >= 4 is 34.6 Å². The molecule has 0 N–H and O–H groups in total. The minimum atomic E-state index is -0.695. The Labute approximate surface area is 115 Å². The number of carbonyl (C=O) groups excluding carboxylic acids is 4. The summed E-state index contributed by atoms with van der Waals surface area (Å²) in [6.07, 6.45) is 0. The summed E-state index contributed by atoms with van der Waals surface area (Å²) in [7, 11) is 0. The van der Waals surface area contributed by atoms with Crippen molar-refractivity contribution < 1.29 is 28.9 Å². The van der Waals surface area contributed by atoms with E-state index in [4.69, 9.17) is 0 Å². The molecule has 0 aliphatic carbocycles. The Kier molecular flexibility index (Phi) is 7.64. The van der Waals surface area contributed by atoms with Gasteiger partial charge >= 0.3 is 0 Å². The number of hydrogen-bond acceptors (Lipinski definition) is 8. The van der Waals surface area contributed by atoms with Gasteiger partial charge in [0.05, 0.1) is 0 Å². The first-order chi connectivity index (χ1) is 9.25. The Morgan fingerprint density at radius 1 is 0.700 bits per heavy atom. The number of ketones is 4. The summed E-state index contributed by atoms with van der Waals surface area (Å²) in [5.74, 6) is -2.62. The first kappa shape index (κ1) is 17.6. The lowest BCUT2D eigenvalue weighted by molar-refractivity contribution is -0.138. The zero-order valence-corrected chi connectivity index (χ0v) is 11.8. The predicted molar refractivity (Wildman–Crippen MR) is 69.5 cm³/mol. The molecule has 8 heteroatoms. The van der Waals surface area contributed by atoms with E-state index in [9.17, 15) is 19.2 Å². The van der Waals surface area contributed by atoms with E-state index in [1.807, 2.05) is 0 Å². The van der Waals surface area contributed by atoms with E-state index >= 15 is 0 Å². The maximum Gasteiger partial charge on any atom is 0.238 e. The number of hydrogen-bond donors (Lipinski definition) is 0. The lowest BCUT2D eigenvalue weighted by Crippen LogP contribution is -2.17. The van der Waals surface area contributed by atoms with Crippen LogP contribution >= 0.6 is 0 Å². The van der Waals surface area contributed by atoms with Crippen LogP contribution in [0.25, 0.3) is 0 Å². The van der Waals surface area contributed by atoms with Crippen molar-refractivity contribution in [3.8, 4) is 0 Å². The van der Waals surface area contributed by atoms with Crippen molar-refractivity contribution in [1.29, 1.82) is 0 Å². The number of Topliss-reactive ketones (excluding diaryl/α,β-unsaturated/α-hetero) is 4. The van der Waals surface area contributed by atoms with E-state index in [1.54, 1.807) is 0 Å². The van der Waals surface area contributed by atoms with Crippen LogP contribution in [-0.4, -0.2) is 47.8 Å². The Balaban J connectivity index is 4.28. The monoisotopic (exact) mass is 284 g/mol. The summed E-state index contributed by atoms with van der Waals surface area (Å²) < 4.78 is 0. The van der Waals surface area contributed by atoms with Crippen LogP contribution in [0.5, 0.6) is 0 Å². The topological polar surface area (TPSA) is 111 Å². The van der Waals surface area contributed by atoms with Gasteiger partial charge in [-0.15, -0.1) is 0 Å². The Hall–Kier alpha value is -2.38. The minimum Gasteiger partial charge on any atom is -0.387 e. The minimum absolute atomic E-state index is 0.302. The third-order valence-electron chi connectivity index (χ3n) is 2.10. The van der Waals surface area contributed by atoms with Crippen molar-refractivity contribution in [2.75, 3.05) is 13.2 Å². The molecule has 8 nitrogen and oxygen atoms in total. The molecule has 0 unspecified atom stereocenters. The number of nitrogens with zero attached hydrogens (tertiary/aromatic N) is 2. The SMILES string of the molecule is CC(=O)C(=O)CO/N=C(C)/C(C)=N/OCC(=O)C(C)=O. The molecule has 0 heterocycles. The molecule has 0 aliphatic heterocycles.